The van der Waals surface area contributed by atoms with Crippen LogP contribution in [0.5, 0.6) is 0 Å². The van der Waals surface area contributed by atoms with Crippen molar-refractivity contribution in [2.45, 2.75) is 97.0 Å². The maximum atomic E-state index is 12.8. The molecule has 0 rings (SSSR count). The topological polar surface area (TPSA) is 101 Å². The fraction of sp³-hybridized carbons (Fsp3) is 0.895. The summed E-state index contributed by atoms with van der Waals surface area (Å²) < 4.78 is 0. The highest BCUT2D eigenvalue weighted by Gasteiger charge is 2.44. The van der Waals surface area contributed by atoms with Gasteiger partial charge in [0.1, 0.15) is 11.2 Å². The standard InChI is InChI=1S/C19H37NO4/c1-3-5-7-9-10-12-17(23)19(18(20)24,14-16(22)15-21)13-11-8-6-4-2/h16,21-22H,3-15H2,1-2H3,(H2,20,24). The van der Waals surface area contributed by atoms with Crippen LogP contribution < -0.4 is 5.73 Å². The molecular weight excluding hydrogens is 306 g/mol. The summed E-state index contributed by atoms with van der Waals surface area (Å²) in [5, 5.41) is 19.0. The summed E-state index contributed by atoms with van der Waals surface area (Å²) in [5.41, 5.74) is 4.26. The van der Waals surface area contributed by atoms with Gasteiger partial charge in [0.25, 0.3) is 0 Å². The summed E-state index contributed by atoms with van der Waals surface area (Å²) >= 11 is 0. The number of carbonyl (C=O) groups is 2. The van der Waals surface area contributed by atoms with Crippen molar-refractivity contribution in [1.82, 2.24) is 0 Å². The number of Topliss-reactive ketones (excluding diaryl/α,β-unsaturated/α-hetero) is 1. The van der Waals surface area contributed by atoms with Gasteiger partial charge in [-0.05, 0) is 19.3 Å². The van der Waals surface area contributed by atoms with Crippen LogP contribution in [0.3, 0.4) is 0 Å². The molecule has 0 fully saturated rings. The molecule has 0 aromatic carbocycles. The Morgan fingerprint density at radius 2 is 1.50 bits per heavy atom. The van der Waals surface area contributed by atoms with Crippen LogP contribution in [0.1, 0.15) is 90.9 Å². The average Bonchev–Trinajstić information content (AvgIpc) is 2.56. The second-order valence-electron chi connectivity index (χ2n) is 6.88. The zero-order valence-electron chi connectivity index (χ0n) is 15.6. The fourth-order valence-corrected chi connectivity index (χ4v) is 3.17. The van der Waals surface area contributed by atoms with Crippen LogP contribution in [-0.2, 0) is 9.59 Å². The third-order valence-electron chi connectivity index (χ3n) is 4.76. The Morgan fingerprint density at radius 1 is 0.958 bits per heavy atom. The minimum atomic E-state index is -1.33. The maximum Gasteiger partial charge on any atom is 0.231 e. The molecular formula is C19H37NO4. The van der Waals surface area contributed by atoms with E-state index in [9.17, 15) is 14.7 Å². The van der Waals surface area contributed by atoms with E-state index in [4.69, 9.17) is 10.8 Å². The number of aliphatic hydroxyl groups excluding tert-OH is 2. The SMILES string of the molecule is CCCCCCCC(=O)C(CCCCCC)(CC(O)CO)C(N)=O. The van der Waals surface area contributed by atoms with Crippen LogP contribution in [0.15, 0.2) is 0 Å². The van der Waals surface area contributed by atoms with Gasteiger partial charge in [0.15, 0.2) is 0 Å². The minimum absolute atomic E-state index is 0.0707. The summed E-state index contributed by atoms with van der Waals surface area (Å²) in [6.45, 7) is 3.77. The third-order valence-corrected chi connectivity index (χ3v) is 4.76. The third kappa shape index (κ3) is 8.25. The molecule has 0 radical (unpaired) electrons. The first-order chi connectivity index (χ1) is 11.4. The van der Waals surface area contributed by atoms with Crippen LogP contribution in [0.2, 0.25) is 0 Å². The van der Waals surface area contributed by atoms with E-state index >= 15 is 0 Å². The number of amides is 1. The summed E-state index contributed by atoms with van der Waals surface area (Å²) in [7, 11) is 0. The number of primary amides is 1. The molecule has 0 aliphatic rings. The maximum absolute atomic E-state index is 12.8. The van der Waals surface area contributed by atoms with Crippen LogP contribution in [0.4, 0.5) is 0 Å². The molecule has 0 saturated carbocycles. The van der Waals surface area contributed by atoms with E-state index in [2.05, 4.69) is 13.8 Å². The smallest absolute Gasteiger partial charge is 0.231 e. The van der Waals surface area contributed by atoms with E-state index in [1.54, 1.807) is 0 Å². The normalized spacial score (nSPS) is 15.0. The van der Waals surface area contributed by atoms with Crippen molar-refractivity contribution in [2.24, 2.45) is 11.1 Å². The average molecular weight is 344 g/mol. The number of hydrogen-bond donors (Lipinski definition) is 3. The van der Waals surface area contributed by atoms with E-state index in [1.165, 1.54) is 0 Å². The van der Waals surface area contributed by atoms with Crippen molar-refractivity contribution in [3.63, 3.8) is 0 Å². The Bertz CT molecular complexity index is 359. The Hall–Kier alpha value is -0.940. The Kier molecular flexibility index (Phi) is 12.8. The van der Waals surface area contributed by atoms with Crippen molar-refractivity contribution < 1.29 is 19.8 Å². The fourth-order valence-electron chi connectivity index (χ4n) is 3.17. The zero-order valence-corrected chi connectivity index (χ0v) is 15.6. The van der Waals surface area contributed by atoms with Gasteiger partial charge in [0.05, 0.1) is 12.7 Å². The van der Waals surface area contributed by atoms with E-state index in [0.29, 0.717) is 12.8 Å². The van der Waals surface area contributed by atoms with Crippen LogP contribution in [0, 0.1) is 5.41 Å². The first-order valence-electron chi connectivity index (χ1n) is 9.56. The van der Waals surface area contributed by atoms with Gasteiger partial charge in [-0.3, -0.25) is 9.59 Å². The molecule has 0 heterocycles. The quantitative estimate of drug-likeness (QED) is 0.296. The largest absolute Gasteiger partial charge is 0.394 e. The Labute approximate surface area is 147 Å². The second-order valence-corrected chi connectivity index (χ2v) is 6.88. The van der Waals surface area contributed by atoms with E-state index in [-0.39, 0.29) is 12.2 Å². The first-order valence-corrected chi connectivity index (χ1v) is 9.56. The molecule has 0 bridgehead atoms. The number of nitrogens with two attached hydrogens (primary N) is 1. The molecule has 4 N–H and O–H groups in total. The minimum Gasteiger partial charge on any atom is -0.394 e. The molecule has 24 heavy (non-hydrogen) atoms. The highest BCUT2D eigenvalue weighted by molar-refractivity contribution is 6.05. The highest BCUT2D eigenvalue weighted by Crippen LogP contribution is 2.34. The summed E-state index contributed by atoms with van der Waals surface area (Å²) in [4.78, 5) is 24.9. The molecule has 5 nitrogen and oxygen atoms in total. The first kappa shape index (κ1) is 23.1. The van der Waals surface area contributed by atoms with Crippen molar-refractivity contribution in [3.05, 3.63) is 0 Å². The van der Waals surface area contributed by atoms with Crippen LogP contribution in [-0.4, -0.2) is 34.6 Å². The van der Waals surface area contributed by atoms with Gasteiger partial charge < -0.3 is 15.9 Å². The lowest BCUT2D eigenvalue weighted by molar-refractivity contribution is -0.144. The molecule has 2 unspecified atom stereocenters. The molecule has 0 aliphatic heterocycles. The number of unbranched alkanes of at least 4 members (excludes halogenated alkanes) is 7. The molecule has 5 heteroatoms. The van der Waals surface area contributed by atoms with E-state index in [1.807, 2.05) is 0 Å². The van der Waals surface area contributed by atoms with Gasteiger partial charge in [0.2, 0.25) is 5.91 Å². The number of hydrogen-bond acceptors (Lipinski definition) is 4. The highest BCUT2D eigenvalue weighted by atomic mass is 16.3. The van der Waals surface area contributed by atoms with Crippen molar-refractivity contribution in [2.75, 3.05) is 6.61 Å². The lowest BCUT2D eigenvalue weighted by Gasteiger charge is -2.31. The lowest BCUT2D eigenvalue weighted by atomic mass is 9.72. The van der Waals surface area contributed by atoms with Crippen LogP contribution >= 0.6 is 0 Å². The van der Waals surface area contributed by atoms with Crippen LogP contribution in [0.25, 0.3) is 0 Å². The molecule has 0 aromatic heterocycles. The van der Waals surface area contributed by atoms with Crippen molar-refractivity contribution in [1.29, 1.82) is 0 Å². The molecule has 0 aromatic rings. The number of rotatable bonds is 16. The lowest BCUT2D eigenvalue weighted by Crippen LogP contribution is -2.46. The van der Waals surface area contributed by atoms with Gasteiger partial charge in [-0.2, -0.15) is 0 Å². The number of ketones is 1. The van der Waals surface area contributed by atoms with Gasteiger partial charge in [-0.15, -0.1) is 0 Å². The van der Waals surface area contributed by atoms with Gasteiger partial charge >= 0.3 is 0 Å². The van der Waals surface area contributed by atoms with E-state index < -0.39 is 24.0 Å². The molecule has 2 atom stereocenters. The second kappa shape index (κ2) is 13.4. The summed E-state index contributed by atoms with van der Waals surface area (Å²) in [6, 6.07) is 0. The number of carbonyl (C=O) groups excluding carboxylic acids is 2. The van der Waals surface area contributed by atoms with Gasteiger partial charge in [0, 0.05) is 6.42 Å². The summed E-state index contributed by atoms with van der Waals surface area (Å²) in [6.07, 6.45) is 8.39. The zero-order chi connectivity index (χ0) is 18.4. The van der Waals surface area contributed by atoms with E-state index in [0.717, 1.165) is 57.8 Å². The van der Waals surface area contributed by atoms with Gasteiger partial charge in [-0.1, -0.05) is 65.2 Å². The monoisotopic (exact) mass is 343 g/mol. The van der Waals surface area contributed by atoms with Crippen molar-refractivity contribution in [3.8, 4) is 0 Å². The van der Waals surface area contributed by atoms with Crippen molar-refractivity contribution >= 4 is 11.7 Å². The number of aliphatic hydroxyl groups is 2. The molecule has 0 aliphatic carbocycles. The predicted molar refractivity (Wildman–Crippen MR) is 96.5 cm³/mol. The Morgan fingerprint density at radius 3 is 2.00 bits per heavy atom. The molecule has 142 valence electrons. The molecule has 0 saturated heterocycles. The molecule has 0 spiro atoms. The molecule has 1 amide bonds. The Balaban J connectivity index is 4.89. The van der Waals surface area contributed by atoms with Gasteiger partial charge in [-0.25, -0.2) is 0 Å². The predicted octanol–water partition coefficient (Wildman–Crippen LogP) is 3.10. The summed E-state index contributed by atoms with van der Waals surface area (Å²) in [5.74, 6) is -0.833.